The maximum absolute atomic E-state index is 12.3. The molecule has 0 radical (unpaired) electrons. The number of benzene rings is 2. The first-order chi connectivity index (χ1) is 27.5. The van der Waals surface area contributed by atoms with Gasteiger partial charge in [-0.1, -0.05) is 62.8 Å². The fraction of sp³-hybridized carbons (Fsp3) is 0.625. The van der Waals surface area contributed by atoms with Crippen LogP contribution in [0.3, 0.4) is 0 Å². The molecule has 10 nitrogen and oxygen atoms in total. The maximum atomic E-state index is 12.3. The highest BCUT2D eigenvalue weighted by Gasteiger charge is 2.47. The van der Waals surface area contributed by atoms with E-state index in [0.29, 0.717) is 11.5 Å². The summed E-state index contributed by atoms with van der Waals surface area (Å²) in [6.07, 6.45) is 13.9. The summed E-state index contributed by atoms with van der Waals surface area (Å²) in [5.74, 6) is 1.51. The molecule has 0 saturated heterocycles. The number of aliphatic hydroxyl groups is 4. The zero-order valence-electron chi connectivity index (χ0n) is 36.1. The first-order valence-electron chi connectivity index (χ1n) is 21.6. The van der Waals surface area contributed by atoms with E-state index in [-0.39, 0.29) is 34.9 Å². The van der Waals surface area contributed by atoms with Gasteiger partial charge in [0.25, 0.3) is 0 Å². The standard InChI is InChI=1S/2C24H34O5/c2*1-5-6-7-8-16-12-20(28-23(27)19(26)14-25)22-17-11-15(2)9-10-18(17)24(3,4)29-21(22)13-16/h2*11-13,17-19,25-26H,5-10,14H2,1-4H3/t17-,18-,19+;17-,18-,19-/m11/s1. The van der Waals surface area contributed by atoms with Crippen LogP contribution in [0.25, 0.3) is 0 Å². The second-order valence-corrected chi connectivity index (χ2v) is 17.9. The van der Waals surface area contributed by atoms with Gasteiger partial charge in [0.1, 0.15) is 34.2 Å². The van der Waals surface area contributed by atoms with Crippen LogP contribution in [-0.4, -0.2) is 69.0 Å². The second kappa shape index (κ2) is 19.6. The predicted octanol–water partition coefficient (Wildman–Crippen LogP) is 8.58. The third-order valence-corrected chi connectivity index (χ3v) is 12.5. The molecule has 6 rings (SSSR count). The Balaban J connectivity index is 0.000000221. The summed E-state index contributed by atoms with van der Waals surface area (Å²) in [5, 5.41) is 37.7. The number of aryl methyl sites for hydroxylation is 2. The van der Waals surface area contributed by atoms with Gasteiger partial charge in [0.2, 0.25) is 0 Å². The molecule has 2 aromatic carbocycles. The molecule has 0 saturated carbocycles. The van der Waals surface area contributed by atoms with Crippen LogP contribution in [0.5, 0.6) is 23.0 Å². The van der Waals surface area contributed by atoms with E-state index in [0.717, 1.165) is 111 Å². The molecule has 4 aliphatic rings. The summed E-state index contributed by atoms with van der Waals surface area (Å²) in [6, 6.07) is 7.99. The molecule has 6 atom stereocenters. The lowest BCUT2D eigenvalue weighted by atomic mass is 9.68. The van der Waals surface area contributed by atoms with Gasteiger partial charge >= 0.3 is 11.9 Å². The number of hydrogen-bond donors (Lipinski definition) is 4. The first kappa shape index (κ1) is 45.4. The monoisotopic (exact) mass is 804 g/mol. The highest BCUT2D eigenvalue weighted by Crippen LogP contribution is 2.55. The molecule has 0 bridgehead atoms. The molecule has 10 heteroatoms. The molecular weight excluding hydrogens is 737 g/mol. The van der Waals surface area contributed by atoms with E-state index in [2.05, 4.69) is 79.7 Å². The van der Waals surface area contributed by atoms with Gasteiger partial charge in [0, 0.05) is 34.8 Å². The van der Waals surface area contributed by atoms with Crippen LogP contribution in [-0.2, 0) is 22.4 Å². The zero-order chi connectivity index (χ0) is 42.4. The van der Waals surface area contributed by atoms with Crippen molar-refractivity contribution in [3.05, 3.63) is 69.8 Å². The Morgan fingerprint density at radius 1 is 0.672 bits per heavy atom. The van der Waals surface area contributed by atoms with Crippen molar-refractivity contribution in [3.8, 4) is 23.0 Å². The Morgan fingerprint density at radius 2 is 1.05 bits per heavy atom. The number of ether oxygens (including phenoxy) is 4. The van der Waals surface area contributed by atoms with Crippen molar-refractivity contribution in [1.82, 2.24) is 0 Å². The number of fused-ring (bicyclic) bond motifs is 6. The van der Waals surface area contributed by atoms with Gasteiger partial charge in [0.15, 0.2) is 12.2 Å². The summed E-state index contributed by atoms with van der Waals surface area (Å²) in [4.78, 5) is 24.5. The minimum absolute atomic E-state index is 0.0984. The Bertz CT molecular complexity index is 1690. The van der Waals surface area contributed by atoms with Crippen molar-refractivity contribution < 1.29 is 49.0 Å². The number of carbonyl (C=O) groups excluding carboxylic acids is 2. The Hall–Kier alpha value is -3.70. The fourth-order valence-corrected chi connectivity index (χ4v) is 9.24. The lowest BCUT2D eigenvalue weighted by Crippen LogP contribution is -2.45. The average Bonchev–Trinajstić information content (AvgIpc) is 3.16. The summed E-state index contributed by atoms with van der Waals surface area (Å²) in [5.41, 5.74) is 5.90. The molecule has 0 fully saturated rings. The highest BCUT2D eigenvalue weighted by molar-refractivity contribution is 5.79. The van der Waals surface area contributed by atoms with Crippen molar-refractivity contribution in [1.29, 1.82) is 0 Å². The Labute approximate surface area is 345 Å². The zero-order valence-corrected chi connectivity index (χ0v) is 36.1. The molecular formula is C48H68O10. The fourth-order valence-electron chi connectivity index (χ4n) is 9.24. The predicted molar refractivity (Wildman–Crippen MR) is 225 cm³/mol. The van der Waals surface area contributed by atoms with Crippen LogP contribution in [0.15, 0.2) is 47.6 Å². The number of aliphatic hydroxyl groups excluding tert-OH is 4. The Kier molecular flexibility index (Phi) is 15.3. The molecule has 0 unspecified atom stereocenters. The van der Waals surface area contributed by atoms with Crippen molar-refractivity contribution in [3.63, 3.8) is 0 Å². The van der Waals surface area contributed by atoms with E-state index in [1.54, 1.807) is 0 Å². The van der Waals surface area contributed by atoms with Gasteiger partial charge in [-0.05, 0) is 128 Å². The minimum Gasteiger partial charge on any atom is -0.487 e. The minimum atomic E-state index is -1.55. The van der Waals surface area contributed by atoms with E-state index < -0.39 is 37.4 Å². The van der Waals surface area contributed by atoms with E-state index in [1.165, 1.54) is 11.1 Å². The number of rotatable bonds is 14. The third-order valence-electron chi connectivity index (χ3n) is 12.5. The number of unbranched alkanes of at least 4 members (excludes halogenated alkanes) is 4. The molecule has 2 aromatic rings. The molecule has 2 aliphatic heterocycles. The van der Waals surface area contributed by atoms with Crippen molar-refractivity contribution in [2.24, 2.45) is 11.8 Å². The van der Waals surface area contributed by atoms with Crippen molar-refractivity contribution >= 4 is 11.9 Å². The molecule has 4 N–H and O–H groups in total. The average molecular weight is 805 g/mol. The molecule has 2 aliphatic carbocycles. The van der Waals surface area contributed by atoms with Crippen LogP contribution in [0.4, 0.5) is 0 Å². The van der Waals surface area contributed by atoms with Crippen molar-refractivity contribution in [2.75, 3.05) is 13.2 Å². The largest absolute Gasteiger partial charge is 0.487 e. The summed E-state index contributed by atoms with van der Waals surface area (Å²) in [7, 11) is 0. The van der Waals surface area contributed by atoms with E-state index in [4.69, 9.17) is 29.2 Å². The topological polar surface area (TPSA) is 152 Å². The molecule has 0 spiro atoms. The second-order valence-electron chi connectivity index (χ2n) is 17.9. The molecule has 58 heavy (non-hydrogen) atoms. The number of esters is 2. The smallest absolute Gasteiger partial charge is 0.342 e. The quantitative estimate of drug-likeness (QED) is 0.0633. The van der Waals surface area contributed by atoms with Crippen LogP contribution in [0, 0.1) is 11.8 Å². The Morgan fingerprint density at radius 3 is 1.40 bits per heavy atom. The van der Waals surface area contributed by atoms with E-state index in [1.807, 2.05) is 12.1 Å². The lowest BCUT2D eigenvalue weighted by Gasteiger charge is -2.46. The molecule has 0 amide bonds. The summed E-state index contributed by atoms with van der Waals surface area (Å²) >= 11 is 0. The molecule has 2 heterocycles. The molecule has 0 aromatic heterocycles. The van der Waals surface area contributed by atoms with Gasteiger partial charge in [-0.2, -0.15) is 0 Å². The maximum Gasteiger partial charge on any atom is 0.342 e. The third kappa shape index (κ3) is 10.5. The summed E-state index contributed by atoms with van der Waals surface area (Å²) < 4.78 is 24.1. The van der Waals surface area contributed by atoms with Crippen LogP contribution in [0.1, 0.15) is 154 Å². The van der Waals surface area contributed by atoms with Crippen LogP contribution >= 0.6 is 0 Å². The van der Waals surface area contributed by atoms with Crippen LogP contribution in [0.2, 0.25) is 0 Å². The highest BCUT2D eigenvalue weighted by atomic mass is 16.6. The summed E-state index contributed by atoms with van der Waals surface area (Å²) in [6.45, 7) is 15.8. The normalized spacial score (nSPS) is 23.3. The van der Waals surface area contributed by atoms with Crippen LogP contribution < -0.4 is 18.9 Å². The molecule has 320 valence electrons. The van der Waals surface area contributed by atoms with Gasteiger partial charge in [-0.3, -0.25) is 0 Å². The SMILES string of the molecule is CCCCCc1cc(OC(=O)[C@@H](O)CO)c2c(c1)OC(C)(C)[C@@H]1CCC(C)=C[C@@H]21.CCCCCc1cc(OC(=O)[C@H](O)CO)c2c(c1)OC(C)(C)[C@@H]1CCC(C)=C[C@@H]21. The van der Waals surface area contributed by atoms with E-state index >= 15 is 0 Å². The van der Waals surface area contributed by atoms with Gasteiger partial charge in [-0.25, -0.2) is 9.59 Å². The first-order valence-corrected chi connectivity index (χ1v) is 21.6. The van der Waals surface area contributed by atoms with Gasteiger partial charge in [-0.15, -0.1) is 0 Å². The number of carbonyl (C=O) groups is 2. The number of allylic oxidation sites excluding steroid dienone is 4. The van der Waals surface area contributed by atoms with E-state index in [9.17, 15) is 19.8 Å². The van der Waals surface area contributed by atoms with Gasteiger partial charge in [0.05, 0.1) is 13.2 Å². The number of hydrogen-bond acceptors (Lipinski definition) is 10. The lowest BCUT2D eigenvalue weighted by molar-refractivity contribution is -0.146. The van der Waals surface area contributed by atoms with Crippen molar-refractivity contribution in [2.45, 2.75) is 168 Å². The van der Waals surface area contributed by atoms with Gasteiger partial charge < -0.3 is 39.4 Å².